The molecular formula is C15H11BrCl3FO. The Morgan fingerprint density at radius 2 is 1.81 bits per heavy atom. The summed E-state index contributed by atoms with van der Waals surface area (Å²) in [7, 11) is 0. The SMILES string of the molecule is CCOc1cc(Cl)c(C(Br)c2ccc(Cl)cc2F)cc1Cl. The van der Waals surface area contributed by atoms with Crippen molar-refractivity contribution in [2.45, 2.75) is 11.8 Å². The zero-order valence-corrected chi connectivity index (χ0v) is 14.8. The number of hydrogen-bond donors (Lipinski definition) is 0. The normalized spacial score (nSPS) is 12.3. The highest BCUT2D eigenvalue weighted by atomic mass is 79.9. The van der Waals surface area contributed by atoms with Crippen molar-refractivity contribution in [1.82, 2.24) is 0 Å². The van der Waals surface area contributed by atoms with Gasteiger partial charge in [0, 0.05) is 21.7 Å². The average molecular weight is 413 g/mol. The van der Waals surface area contributed by atoms with Crippen molar-refractivity contribution in [3.8, 4) is 5.75 Å². The highest BCUT2D eigenvalue weighted by Crippen LogP contribution is 2.41. The van der Waals surface area contributed by atoms with Gasteiger partial charge in [-0.3, -0.25) is 0 Å². The summed E-state index contributed by atoms with van der Waals surface area (Å²) in [6.45, 7) is 2.34. The van der Waals surface area contributed by atoms with Crippen LogP contribution in [0.1, 0.15) is 22.9 Å². The van der Waals surface area contributed by atoms with Crippen molar-refractivity contribution in [3.63, 3.8) is 0 Å². The number of ether oxygens (including phenoxy) is 1. The first-order valence-electron chi connectivity index (χ1n) is 6.14. The quantitative estimate of drug-likeness (QED) is 0.510. The van der Waals surface area contributed by atoms with E-state index in [9.17, 15) is 4.39 Å². The van der Waals surface area contributed by atoms with Crippen LogP contribution in [0.5, 0.6) is 5.75 Å². The van der Waals surface area contributed by atoms with Gasteiger partial charge in [-0.25, -0.2) is 4.39 Å². The van der Waals surface area contributed by atoms with Gasteiger partial charge < -0.3 is 4.74 Å². The molecule has 21 heavy (non-hydrogen) atoms. The van der Waals surface area contributed by atoms with Crippen LogP contribution >= 0.6 is 50.7 Å². The highest BCUT2D eigenvalue weighted by Gasteiger charge is 2.20. The summed E-state index contributed by atoms with van der Waals surface area (Å²) in [5.41, 5.74) is 1.09. The van der Waals surface area contributed by atoms with E-state index in [0.717, 1.165) is 0 Å². The first-order chi connectivity index (χ1) is 9.93. The summed E-state index contributed by atoms with van der Waals surface area (Å²) in [6, 6.07) is 7.79. The van der Waals surface area contributed by atoms with Crippen LogP contribution in [-0.4, -0.2) is 6.61 Å². The van der Waals surface area contributed by atoms with Gasteiger partial charge in [0.1, 0.15) is 11.6 Å². The summed E-state index contributed by atoms with van der Waals surface area (Å²) in [5.74, 6) is 0.0923. The largest absolute Gasteiger partial charge is 0.492 e. The van der Waals surface area contributed by atoms with E-state index in [1.807, 2.05) is 6.92 Å². The number of benzene rings is 2. The van der Waals surface area contributed by atoms with Crippen molar-refractivity contribution in [2.75, 3.05) is 6.61 Å². The minimum Gasteiger partial charge on any atom is -0.492 e. The predicted molar refractivity (Wildman–Crippen MR) is 89.8 cm³/mol. The van der Waals surface area contributed by atoms with Crippen molar-refractivity contribution in [1.29, 1.82) is 0 Å². The van der Waals surface area contributed by atoms with Crippen LogP contribution in [0.25, 0.3) is 0 Å². The van der Waals surface area contributed by atoms with Crippen LogP contribution < -0.4 is 4.74 Å². The molecule has 1 nitrogen and oxygen atoms in total. The molecule has 0 aromatic heterocycles. The van der Waals surface area contributed by atoms with Gasteiger partial charge in [0.25, 0.3) is 0 Å². The zero-order valence-electron chi connectivity index (χ0n) is 11.0. The maximum atomic E-state index is 14.0. The summed E-state index contributed by atoms with van der Waals surface area (Å²) in [5, 5.41) is 1.21. The van der Waals surface area contributed by atoms with Crippen LogP contribution in [0.4, 0.5) is 4.39 Å². The molecule has 112 valence electrons. The molecule has 0 radical (unpaired) electrons. The van der Waals surface area contributed by atoms with Crippen molar-refractivity contribution < 1.29 is 9.13 Å². The second-order valence-electron chi connectivity index (χ2n) is 4.27. The van der Waals surface area contributed by atoms with E-state index in [2.05, 4.69) is 15.9 Å². The van der Waals surface area contributed by atoms with Gasteiger partial charge in [-0.1, -0.05) is 56.8 Å². The van der Waals surface area contributed by atoms with Gasteiger partial charge >= 0.3 is 0 Å². The topological polar surface area (TPSA) is 9.23 Å². The Kier molecular flexibility index (Phi) is 5.78. The van der Waals surface area contributed by atoms with E-state index in [1.54, 1.807) is 24.3 Å². The molecule has 0 amide bonds. The standard InChI is InChI=1S/C15H11BrCl3FO/c1-2-21-14-7-11(18)10(6-12(14)19)15(16)9-4-3-8(17)5-13(9)20/h3-7,15H,2H2,1H3. The second kappa shape index (κ2) is 7.19. The smallest absolute Gasteiger partial charge is 0.139 e. The second-order valence-corrected chi connectivity index (χ2v) is 6.43. The number of alkyl halides is 1. The maximum absolute atomic E-state index is 14.0. The van der Waals surface area contributed by atoms with Gasteiger partial charge in [-0.05, 0) is 30.7 Å². The van der Waals surface area contributed by atoms with Crippen molar-refractivity contribution in [3.05, 3.63) is 62.3 Å². The fraction of sp³-hybridized carbons (Fsp3) is 0.200. The lowest BCUT2D eigenvalue weighted by molar-refractivity contribution is 0.340. The van der Waals surface area contributed by atoms with E-state index < -0.39 is 10.6 Å². The third-order valence-electron chi connectivity index (χ3n) is 2.86. The van der Waals surface area contributed by atoms with E-state index in [4.69, 9.17) is 39.5 Å². The Labute approximate surface area is 146 Å². The molecule has 0 aliphatic rings. The van der Waals surface area contributed by atoms with Gasteiger partial charge in [0.2, 0.25) is 0 Å². The van der Waals surface area contributed by atoms with Gasteiger partial charge in [-0.15, -0.1) is 0 Å². The molecule has 0 saturated heterocycles. The summed E-state index contributed by atoms with van der Waals surface area (Å²) in [6.07, 6.45) is 0. The Balaban J connectivity index is 2.43. The number of hydrogen-bond acceptors (Lipinski definition) is 1. The summed E-state index contributed by atoms with van der Waals surface area (Å²) < 4.78 is 19.4. The van der Waals surface area contributed by atoms with E-state index >= 15 is 0 Å². The molecule has 0 saturated carbocycles. The summed E-state index contributed by atoms with van der Waals surface area (Å²) >= 11 is 21.6. The van der Waals surface area contributed by atoms with Gasteiger partial charge in [0.15, 0.2) is 0 Å². The minimum absolute atomic E-state index is 0.340. The molecule has 2 aromatic carbocycles. The molecule has 0 bridgehead atoms. The molecule has 1 unspecified atom stereocenters. The Morgan fingerprint density at radius 3 is 2.43 bits per heavy atom. The van der Waals surface area contributed by atoms with Crippen LogP contribution in [0, 0.1) is 5.82 Å². The van der Waals surface area contributed by atoms with E-state index in [1.165, 1.54) is 6.07 Å². The lowest BCUT2D eigenvalue weighted by Crippen LogP contribution is -1.99. The molecule has 1 atom stereocenters. The lowest BCUT2D eigenvalue weighted by atomic mass is 10.0. The van der Waals surface area contributed by atoms with Gasteiger partial charge in [-0.2, -0.15) is 0 Å². The fourth-order valence-electron chi connectivity index (χ4n) is 1.88. The van der Waals surface area contributed by atoms with Crippen LogP contribution in [0.15, 0.2) is 30.3 Å². The fourth-order valence-corrected chi connectivity index (χ4v) is 3.41. The highest BCUT2D eigenvalue weighted by molar-refractivity contribution is 9.09. The number of rotatable bonds is 4. The first-order valence-corrected chi connectivity index (χ1v) is 8.19. The monoisotopic (exact) mass is 410 g/mol. The third kappa shape index (κ3) is 3.84. The molecule has 0 aliphatic carbocycles. The van der Waals surface area contributed by atoms with E-state index in [0.29, 0.717) is 38.6 Å². The number of halogens is 5. The minimum atomic E-state index is -0.435. The molecular weight excluding hydrogens is 401 g/mol. The predicted octanol–water partition coefficient (Wildman–Crippen LogP) is 6.67. The van der Waals surface area contributed by atoms with Crippen molar-refractivity contribution in [2.24, 2.45) is 0 Å². The molecule has 0 heterocycles. The Hall–Kier alpha value is -0.480. The molecule has 0 spiro atoms. The zero-order chi connectivity index (χ0) is 15.6. The molecule has 0 aliphatic heterocycles. The van der Waals surface area contributed by atoms with Crippen LogP contribution in [0.3, 0.4) is 0 Å². The Morgan fingerprint density at radius 1 is 1.10 bits per heavy atom. The maximum Gasteiger partial charge on any atom is 0.139 e. The molecule has 2 aromatic rings. The molecule has 0 fully saturated rings. The molecule has 0 N–H and O–H groups in total. The molecule has 2 rings (SSSR count). The lowest BCUT2D eigenvalue weighted by Gasteiger charge is -2.16. The summed E-state index contributed by atoms with van der Waals surface area (Å²) in [4.78, 5) is -0.435. The Bertz CT molecular complexity index is 664. The van der Waals surface area contributed by atoms with Crippen LogP contribution in [0.2, 0.25) is 15.1 Å². The average Bonchev–Trinajstić information content (AvgIpc) is 2.42. The van der Waals surface area contributed by atoms with Gasteiger partial charge in [0.05, 0.1) is 16.5 Å². The van der Waals surface area contributed by atoms with Crippen molar-refractivity contribution >= 4 is 50.7 Å². The van der Waals surface area contributed by atoms with Crippen LogP contribution in [-0.2, 0) is 0 Å². The van der Waals surface area contributed by atoms with E-state index in [-0.39, 0.29) is 0 Å². The third-order valence-corrected chi connectivity index (χ3v) is 4.70. The molecule has 6 heteroatoms. The first kappa shape index (κ1) is 16.9.